The fraction of sp³-hybridized carbons (Fsp3) is 0.286. The molecule has 0 saturated heterocycles. The van der Waals surface area contributed by atoms with Crippen LogP contribution in [-0.4, -0.2) is 37.6 Å². The van der Waals surface area contributed by atoms with Crippen molar-refractivity contribution in [3.05, 3.63) is 30.1 Å². The molecule has 8 heteroatoms. The van der Waals surface area contributed by atoms with Crippen molar-refractivity contribution < 1.29 is 18.3 Å². The van der Waals surface area contributed by atoms with Crippen molar-refractivity contribution in [1.82, 2.24) is 10.3 Å². The number of carbonyl (C=O) groups excluding carboxylic acids is 1. The minimum Gasteiger partial charge on any atom is -0.489 e. The van der Waals surface area contributed by atoms with Crippen LogP contribution in [0.5, 0.6) is 5.75 Å². The Bertz CT molecular complexity index is 684. The minimum atomic E-state index is -0.182. The zero-order chi connectivity index (χ0) is 15.9. The molecule has 1 heterocycles. The van der Waals surface area contributed by atoms with Crippen LogP contribution in [0.3, 0.4) is 0 Å². The summed E-state index contributed by atoms with van der Waals surface area (Å²) in [6, 6.07) is 5.28. The number of aromatic nitrogens is 1. The summed E-state index contributed by atoms with van der Waals surface area (Å²) in [6.45, 7) is 0.219. The Morgan fingerprint density at radius 2 is 2.36 bits per heavy atom. The fourth-order valence-corrected chi connectivity index (χ4v) is 1.63. The number of nitrogens with zero attached hydrogens (tertiary/aromatic N) is 1. The Hall–Kier alpha value is -2.61. The predicted molar refractivity (Wildman–Crippen MR) is 80.3 cm³/mol. The van der Waals surface area contributed by atoms with Gasteiger partial charge in [0.25, 0.3) is 6.01 Å². The van der Waals surface area contributed by atoms with Gasteiger partial charge in [0.15, 0.2) is 5.58 Å². The summed E-state index contributed by atoms with van der Waals surface area (Å²) in [5.74, 6) is 0.327. The Balaban J connectivity index is 2.05. The molecule has 0 aliphatic heterocycles. The van der Waals surface area contributed by atoms with Gasteiger partial charge in [0, 0.05) is 25.2 Å². The highest BCUT2D eigenvalue weighted by Gasteiger charge is 2.08. The number of likely N-dealkylation sites (N-methyl/N-ethyl adjacent to an activating group) is 1. The summed E-state index contributed by atoms with van der Waals surface area (Å²) in [4.78, 5) is 15.3. The molecule has 0 atom stereocenters. The summed E-state index contributed by atoms with van der Waals surface area (Å²) in [5, 5.41) is 5.25. The zero-order valence-electron chi connectivity index (χ0n) is 12.1. The Morgan fingerprint density at radius 1 is 1.55 bits per heavy atom. The van der Waals surface area contributed by atoms with Crippen molar-refractivity contribution in [1.29, 1.82) is 0 Å². The second-order valence-electron chi connectivity index (χ2n) is 4.44. The van der Waals surface area contributed by atoms with Gasteiger partial charge in [0.1, 0.15) is 17.9 Å². The lowest BCUT2D eigenvalue weighted by atomic mass is 10.3. The molecule has 0 unspecified atom stereocenters. The molecule has 7 nitrogen and oxygen atoms in total. The van der Waals surface area contributed by atoms with Gasteiger partial charge in [-0.25, -0.2) is 4.39 Å². The molecule has 0 spiro atoms. The first kappa shape index (κ1) is 15.8. The molecule has 4 N–H and O–H groups in total. The van der Waals surface area contributed by atoms with Gasteiger partial charge < -0.3 is 25.5 Å². The Morgan fingerprint density at radius 3 is 3.05 bits per heavy atom. The van der Waals surface area contributed by atoms with Gasteiger partial charge >= 0.3 is 0 Å². The van der Waals surface area contributed by atoms with Gasteiger partial charge in [-0.05, 0) is 12.1 Å². The first-order valence-electron chi connectivity index (χ1n) is 6.62. The molecule has 0 radical (unpaired) electrons. The number of ether oxygens (including phenoxy) is 1. The van der Waals surface area contributed by atoms with Crippen LogP contribution in [0.4, 0.5) is 10.4 Å². The van der Waals surface area contributed by atoms with Gasteiger partial charge in [-0.15, -0.1) is 0 Å². The van der Waals surface area contributed by atoms with Crippen LogP contribution in [-0.2, 0) is 4.79 Å². The number of amides is 1. The molecule has 1 amide bonds. The van der Waals surface area contributed by atoms with Crippen molar-refractivity contribution in [3.8, 4) is 5.75 Å². The summed E-state index contributed by atoms with van der Waals surface area (Å²) in [7, 11) is 1.54. The highest BCUT2D eigenvalue weighted by atomic mass is 19.1. The monoisotopic (exact) mass is 308 g/mol. The predicted octanol–water partition coefficient (Wildman–Crippen LogP) is 1.18. The number of hydrogen-bond donors (Lipinski definition) is 3. The van der Waals surface area contributed by atoms with Crippen molar-refractivity contribution in [3.63, 3.8) is 0 Å². The van der Waals surface area contributed by atoms with Gasteiger partial charge in [-0.1, -0.05) is 0 Å². The van der Waals surface area contributed by atoms with Gasteiger partial charge in [-0.3, -0.25) is 4.79 Å². The molecule has 0 aliphatic carbocycles. The molecule has 118 valence electrons. The molecule has 2 rings (SSSR count). The van der Waals surface area contributed by atoms with Crippen LogP contribution in [0.1, 0.15) is 0 Å². The van der Waals surface area contributed by atoms with E-state index in [4.69, 9.17) is 14.9 Å². The van der Waals surface area contributed by atoms with Crippen LogP contribution in [0.2, 0.25) is 0 Å². The highest BCUT2D eigenvalue weighted by molar-refractivity contribution is 5.81. The Kier molecular flexibility index (Phi) is 5.31. The van der Waals surface area contributed by atoms with Gasteiger partial charge in [0.2, 0.25) is 5.91 Å². The molecular weight excluding hydrogens is 291 g/mol. The first-order valence-corrected chi connectivity index (χ1v) is 6.62. The lowest BCUT2D eigenvalue weighted by Crippen LogP contribution is -2.26. The second kappa shape index (κ2) is 7.41. The molecule has 22 heavy (non-hydrogen) atoms. The number of hydrogen-bond acceptors (Lipinski definition) is 6. The van der Waals surface area contributed by atoms with Gasteiger partial charge in [0.05, 0.1) is 12.9 Å². The second-order valence-corrected chi connectivity index (χ2v) is 4.44. The molecular formula is C14H17FN4O3. The zero-order valence-corrected chi connectivity index (χ0v) is 12.1. The average molecular weight is 308 g/mol. The Labute approximate surface area is 126 Å². The van der Waals surface area contributed by atoms with Crippen molar-refractivity contribution in [2.75, 3.05) is 32.1 Å². The topological polar surface area (TPSA) is 102 Å². The number of rotatable bonds is 7. The lowest BCUT2D eigenvalue weighted by Gasteiger charge is -2.06. The van der Waals surface area contributed by atoms with Crippen molar-refractivity contribution in [2.24, 2.45) is 5.73 Å². The summed E-state index contributed by atoms with van der Waals surface area (Å²) >= 11 is 0. The average Bonchev–Trinajstić information content (AvgIpc) is 2.95. The fourth-order valence-electron chi connectivity index (χ4n) is 1.63. The number of oxazole rings is 1. The number of fused-ring (bicyclic) bond motifs is 1. The molecule has 1 aromatic carbocycles. The van der Waals surface area contributed by atoms with Crippen LogP contribution in [0, 0.1) is 0 Å². The maximum Gasteiger partial charge on any atom is 0.296 e. The summed E-state index contributed by atoms with van der Waals surface area (Å²) < 4.78 is 23.3. The quantitative estimate of drug-likeness (QED) is 0.710. The smallest absolute Gasteiger partial charge is 0.296 e. The minimum absolute atomic E-state index is 0.0633. The van der Waals surface area contributed by atoms with Crippen LogP contribution in [0.25, 0.3) is 11.1 Å². The van der Waals surface area contributed by atoms with E-state index >= 15 is 0 Å². The van der Waals surface area contributed by atoms with E-state index in [1.54, 1.807) is 25.2 Å². The molecule has 0 aliphatic rings. The van der Waals surface area contributed by atoms with Crippen LogP contribution < -0.4 is 21.1 Å². The third kappa shape index (κ3) is 3.95. The van der Waals surface area contributed by atoms with Crippen LogP contribution >= 0.6 is 0 Å². The van der Waals surface area contributed by atoms with E-state index in [0.29, 0.717) is 28.8 Å². The van der Waals surface area contributed by atoms with E-state index in [1.165, 1.54) is 0 Å². The number of halogens is 1. The van der Waals surface area contributed by atoms with E-state index in [1.807, 2.05) is 0 Å². The molecule has 0 saturated carbocycles. The van der Waals surface area contributed by atoms with Crippen molar-refractivity contribution >= 4 is 23.0 Å². The molecule has 1 aromatic heterocycles. The van der Waals surface area contributed by atoms with E-state index in [2.05, 4.69) is 15.6 Å². The third-order valence-corrected chi connectivity index (χ3v) is 2.88. The number of carbonyl (C=O) groups is 1. The lowest BCUT2D eigenvalue weighted by molar-refractivity contribution is -0.118. The third-order valence-electron chi connectivity index (χ3n) is 2.88. The maximum atomic E-state index is 12.4. The number of benzene rings is 1. The van der Waals surface area contributed by atoms with E-state index in [9.17, 15) is 9.18 Å². The largest absolute Gasteiger partial charge is 0.489 e. The summed E-state index contributed by atoms with van der Waals surface area (Å²) in [5.41, 5.74) is 6.82. The summed E-state index contributed by atoms with van der Waals surface area (Å²) in [6.07, 6.45) is 0.438. The van der Waals surface area contributed by atoms with Crippen molar-refractivity contribution in [2.45, 2.75) is 0 Å². The molecule has 2 aromatic rings. The number of nitrogens with one attached hydrogen (secondary N) is 2. The molecule has 0 bridgehead atoms. The normalized spacial score (nSPS) is 11.5. The standard InChI is InChI=1S/C14H17FN4O3/c1-17-13(20)7-18-14-19-11-3-2-10(4-12(11)22-14)21-8-9(5-15)6-16/h2-5H,6-8,16H2,1H3,(H,17,20)(H,18,19). The van der Waals surface area contributed by atoms with E-state index in [-0.39, 0.29) is 31.6 Å². The number of anilines is 1. The maximum absolute atomic E-state index is 12.4. The first-order chi connectivity index (χ1) is 10.7. The SMILES string of the molecule is CNC(=O)CNc1nc2ccc(OCC(=CF)CN)cc2o1. The van der Waals surface area contributed by atoms with E-state index < -0.39 is 0 Å². The number of nitrogens with two attached hydrogens (primary N) is 1. The molecule has 0 fully saturated rings. The highest BCUT2D eigenvalue weighted by Crippen LogP contribution is 2.24. The van der Waals surface area contributed by atoms with Crippen LogP contribution in [0.15, 0.2) is 34.5 Å². The van der Waals surface area contributed by atoms with E-state index in [0.717, 1.165) is 0 Å². The van der Waals surface area contributed by atoms with Gasteiger partial charge in [-0.2, -0.15) is 4.98 Å².